The van der Waals surface area contributed by atoms with Crippen molar-refractivity contribution in [2.45, 2.75) is 12.3 Å². The van der Waals surface area contributed by atoms with E-state index < -0.39 is 0 Å². The first-order valence-corrected chi connectivity index (χ1v) is 6.92. The van der Waals surface area contributed by atoms with Gasteiger partial charge in [-0.3, -0.25) is 0 Å². The predicted molar refractivity (Wildman–Crippen MR) is 74.8 cm³/mol. The van der Waals surface area contributed by atoms with E-state index in [9.17, 15) is 0 Å². The highest BCUT2D eigenvalue weighted by Gasteiger charge is 2.25. The van der Waals surface area contributed by atoms with Crippen LogP contribution in [0.1, 0.15) is 22.8 Å². The minimum Gasteiger partial charge on any atom is -0.371 e. The summed E-state index contributed by atoms with van der Waals surface area (Å²) in [5.41, 5.74) is 2.44. The Hall–Kier alpha value is -1.28. The number of hydrogen-bond acceptors (Lipinski definition) is 2. The molecule has 1 fully saturated rings. The van der Waals surface area contributed by atoms with Gasteiger partial charge in [-0.05, 0) is 36.4 Å². The molecule has 1 aliphatic rings. The van der Waals surface area contributed by atoms with Gasteiger partial charge in [-0.25, -0.2) is 0 Å². The van der Waals surface area contributed by atoms with E-state index in [0.717, 1.165) is 18.7 Å². The summed E-state index contributed by atoms with van der Waals surface area (Å²) in [4.78, 5) is 3.99. The molecule has 87 valence electrons. The molecule has 0 amide bonds. The first-order valence-electron chi connectivity index (χ1n) is 6.04. The maximum absolute atomic E-state index is 4.11. The van der Waals surface area contributed by atoms with Crippen LogP contribution in [0.4, 0.5) is 5.69 Å². The Bertz CT molecular complexity index is 489. The Labute approximate surface area is 107 Å². The fraction of sp³-hybridized carbons (Fsp3) is 0.267. The Kier molecular flexibility index (Phi) is 2.89. The van der Waals surface area contributed by atoms with E-state index in [1.807, 2.05) is 11.3 Å². The molecule has 1 saturated heterocycles. The van der Waals surface area contributed by atoms with Crippen LogP contribution in [-0.2, 0) is 0 Å². The lowest BCUT2D eigenvalue weighted by molar-refractivity contribution is 0.792. The maximum atomic E-state index is 4.11. The monoisotopic (exact) mass is 242 g/mol. The largest absolute Gasteiger partial charge is 0.371 e. The molecular weight excluding hydrogens is 226 g/mol. The zero-order valence-electron chi connectivity index (χ0n) is 9.80. The van der Waals surface area contributed by atoms with Gasteiger partial charge >= 0.3 is 0 Å². The van der Waals surface area contributed by atoms with Crippen LogP contribution in [0.5, 0.6) is 0 Å². The van der Waals surface area contributed by atoms with Gasteiger partial charge in [0.2, 0.25) is 0 Å². The lowest BCUT2D eigenvalue weighted by Gasteiger charge is -2.20. The fourth-order valence-corrected chi connectivity index (χ4v) is 3.41. The minimum atomic E-state index is 0.703. The topological polar surface area (TPSA) is 3.24 Å². The van der Waals surface area contributed by atoms with E-state index in [0.29, 0.717) is 5.92 Å². The van der Waals surface area contributed by atoms with Crippen molar-refractivity contribution in [2.75, 3.05) is 18.0 Å². The van der Waals surface area contributed by atoms with Crippen LogP contribution in [0.2, 0.25) is 0 Å². The Morgan fingerprint density at radius 3 is 2.82 bits per heavy atom. The normalized spacial score (nSPS) is 19.8. The minimum absolute atomic E-state index is 0.703. The van der Waals surface area contributed by atoms with Gasteiger partial charge in [-0.1, -0.05) is 24.3 Å². The highest BCUT2D eigenvalue weighted by Crippen LogP contribution is 2.33. The Balaban J connectivity index is 1.79. The van der Waals surface area contributed by atoms with Gasteiger partial charge in [0.15, 0.2) is 0 Å². The standard InChI is InChI=1S/C15H16NS/c1-12-5-2-3-6-14(12)16-9-8-13(11-16)15-7-4-10-17-15/h2-7,10,13H,1,8-9,11H2. The van der Waals surface area contributed by atoms with E-state index in [1.54, 1.807) is 0 Å². The van der Waals surface area contributed by atoms with Crippen LogP contribution in [-0.4, -0.2) is 13.1 Å². The summed E-state index contributed by atoms with van der Waals surface area (Å²) < 4.78 is 0. The van der Waals surface area contributed by atoms with Crippen molar-refractivity contribution in [1.29, 1.82) is 0 Å². The molecule has 17 heavy (non-hydrogen) atoms. The third-order valence-corrected chi connectivity index (χ3v) is 4.50. The van der Waals surface area contributed by atoms with E-state index in [-0.39, 0.29) is 0 Å². The van der Waals surface area contributed by atoms with Gasteiger partial charge in [0.05, 0.1) is 0 Å². The molecule has 1 aliphatic heterocycles. The molecule has 2 aromatic rings. The molecule has 1 aromatic carbocycles. The molecule has 1 nitrogen and oxygen atoms in total. The zero-order valence-corrected chi connectivity index (χ0v) is 10.6. The molecule has 0 spiro atoms. The average molecular weight is 242 g/mol. The van der Waals surface area contributed by atoms with Crippen molar-refractivity contribution in [3.63, 3.8) is 0 Å². The number of nitrogens with zero attached hydrogens (tertiary/aromatic N) is 1. The number of hydrogen-bond donors (Lipinski definition) is 0. The average Bonchev–Trinajstić information content (AvgIpc) is 3.00. The van der Waals surface area contributed by atoms with E-state index in [2.05, 4.69) is 53.6 Å². The lowest BCUT2D eigenvalue weighted by atomic mass is 10.1. The first-order chi connectivity index (χ1) is 8.34. The molecule has 2 heterocycles. The second-order valence-electron chi connectivity index (χ2n) is 4.58. The van der Waals surface area contributed by atoms with Crippen LogP contribution in [0.25, 0.3) is 0 Å². The molecule has 0 N–H and O–H groups in total. The molecule has 2 heteroatoms. The number of anilines is 1. The lowest BCUT2D eigenvalue weighted by Crippen LogP contribution is -2.19. The van der Waals surface area contributed by atoms with E-state index >= 15 is 0 Å². The fourth-order valence-electron chi connectivity index (χ4n) is 2.55. The highest BCUT2D eigenvalue weighted by molar-refractivity contribution is 7.10. The maximum Gasteiger partial charge on any atom is 0.0399 e. The molecule has 1 unspecified atom stereocenters. The Morgan fingerprint density at radius 1 is 1.18 bits per heavy atom. The van der Waals surface area contributed by atoms with Crippen LogP contribution in [0.15, 0.2) is 41.8 Å². The second-order valence-corrected chi connectivity index (χ2v) is 5.56. The van der Waals surface area contributed by atoms with Crippen LogP contribution in [0, 0.1) is 6.92 Å². The highest BCUT2D eigenvalue weighted by atomic mass is 32.1. The predicted octanol–water partition coefficient (Wildman–Crippen LogP) is 3.92. The smallest absolute Gasteiger partial charge is 0.0399 e. The summed E-state index contributed by atoms with van der Waals surface area (Å²) in [6.45, 7) is 6.39. The SMILES string of the molecule is [CH2]c1ccccc1N1CCC(c2cccs2)C1. The zero-order chi connectivity index (χ0) is 11.7. The summed E-state index contributed by atoms with van der Waals surface area (Å²) in [7, 11) is 0. The van der Waals surface area contributed by atoms with Crippen molar-refractivity contribution in [1.82, 2.24) is 0 Å². The van der Waals surface area contributed by atoms with Crippen molar-refractivity contribution >= 4 is 17.0 Å². The van der Waals surface area contributed by atoms with E-state index in [1.165, 1.54) is 17.0 Å². The molecule has 3 rings (SSSR count). The van der Waals surface area contributed by atoms with Crippen LogP contribution < -0.4 is 4.90 Å². The summed E-state index contributed by atoms with van der Waals surface area (Å²) >= 11 is 1.88. The number of benzene rings is 1. The molecule has 0 aliphatic carbocycles. The van der Waals surface area contributed by atoms with Crippen molar-refractivity contribution in [3.05, 3.63) is 59.1 Å². The summed E-state index contributed by atoms with van der Waals surface area (Å²) in [5, 5.41) is 2.17. The number of thiophene rings is 1. The van der Waals surface area contributed by atoms with Crippen molar-refractivity contribution < 1.29 is 0 Å². The van der Waals surface area contributed by atoms with Crippen LogP contribution >= 0.6 is 11.3 Å². The quantitative estimate of drug-likeness (QED) is 0.771. The molecule has 0 saturated carbocycles. The van der Waals surface area contributed by atoms with Crippen molar-refractivity contribution in [2.24, 2.45) is 0 Å². The van der Waals surface area contributed by atoms with Gasteiger partial charge in [-0.2, -0.15) is 0 Å². The van der Waals surface area contributed by atoms with Crippen LogP contribution in [0.3, 0.4) is 0 Å². The van der Waals surface area contributed by atoms with Gasteiger partial charge < -0.3 is 4.90 Å². The summed E-state index contributed by atoms with van der Waals surface area (Å²) in [6.07, 6.45) is 1.26. The molecule has 1 radical (unpaired) electrons. The molecule has 1 aromatic heterocycles. The third kappa shape index (κ3) is 2.09. The number of rotatable bonds is 2. The Morgan fingerprint density at radius 2 is 2.06 bits per heavy atom. The molecular formula is C15H16NS. The summed E-state index contributed by atoms with van der Waals surface area (Å²) in [6, 6.07) is 12.8. The summed E-state index contributed by atoms with van der Waals surface area (Å²) in [5.74, 6) is 0.703. The van der Waals surface area contributed by atoms with E-state index in [4.69, 9.17) is 0 Å². The molecule has 1 atom stereocenters. The first kappa shape index (κ1) is 10.8. The number of para-hydroxylation sites is 1. The van der Waals surface area contributed by atoms with Crippen molar-refractivity contribution in [3.8, 4) is 0 Å². The van der Waals surface area contributed by atoms with Gasteiger partial charge in [0.1, 0.15) is 0 Å². The van der Waals surface area contributed by atoms with Gasteiger partial charge in [0, 0.05) is 29.6 Å². The third-order valence-electron chi connectivity index (χ3n) is 3.47. The van der Waals surface area contributed by atoms with Gasteiger partial charge in [0.25, 0.3) is 0 Å². The van der Waals surface area contributed by atoms with Gasteiger partial charge in [-0.15, -0.1) is 11.3 Å². The molecule has 0 bridgehead atoms. The second kappa shape index (κ2) is 4.53.